The first-order valence-corrected chi connectivity index (χ1v) is 5.92. The second-order valence-electron chi connectivity index (χ2n) is 4.21. The molecule has 2 rings (SSSR count). The van der Waals surface area contributed by atoms with Crippen molar-refractivity contribution in [3.05, 3.63) is 24.3 Å². The van der Waals surface area contributed by atoms with Crippen molar-refractivity contribution >= 4 is 5.69 Å². The first-order chi connectivity index (χ1) is 7.83. The van der Waals surface area contributed by atoms with Crippen LogP contribution >= 0.6 is 0 Å². The fraction of sp³-hybridized carbons (Fsp3) is 0.538. The summed E-state index contributed by atoms with van der Waals surface area (Å²) in [6.45, 7) is 4.96. The van der Waals surface area contributed by atoms with Gasteiger partial charge >= 0.3 is 0 Å². The number of aliphatic hydroxyl groups excluding tert-OH is 1. The van der Waals surface area contributed by atoms with Crippen LogP contribution in [0.4, 0.5) is 5.69 Å². The lowest BCUT2D eigenvalue weighted by Gasteiger charge is -2.19. The van der Waals surface area contributed by atoms with E-state index in [2.05, 4.69) is 17.0 Å². The van der Waals surface area contributed by atoms with Crippen LogP contribution < -0.4 is 9.64 Å². The van der Waals surface area contributed by atoms with E-state index in [9.17, 15) is 0 Å². The Balaban J connectivity index is 2.06. The van der Waals surface area contributed by atoms with Crippen molar-refractivity contribution in [1.29, 1.82) is 0 Å². The molecule has 1 atom stereocenters. The number of rotatable bonds is 4. The molecule has 1 aromatic carbocycles. The lowest BCUT2D eigenvalue weighted by molar-refractivity contribution is 0.238. The van der Waals surface area contributed by atoms with Crippen LogP contribution in [0, 0.1) is 5.92 Å². The lowest BCUT2D eigenvalue weighted by atomic mass is 10.1. The summed E-state index contributed by atoms with van der Waals surface area (Å²) in [6, 6.07) is 8.17. The number of nitrogens with zero attached hydrogens (tertiary/aromatic N) is 1. The minimum absolute atomic E-state index is 0.293. The van der Waals surface area contributed by atoms with E-state index in [1.54, 1.807) is 0 Å². The highest BCUT2D eigenvalue weighted by Crippen LogP contribution is 2.26. The van der Waals surface area contributed by atoms with Crippen molar-refractivity contribution in [2.24, 2.45) is 5.92 Å². The molecule has 0 saturated carbocycles. The van der Waals surface area contributed by atoms with Crippen LogP contribution in [0.5, 0.6) is 5.75 Å². The van der Waals surface area contributed by atoms with E-state index in [4.69, 9.17) is 9.84 Å². The first kappa shape index (κ1) is 11.3. The molecular weight excluding hydrogens is 202 g/mol. The molecule has 1 N–H and O–H groups in total. The van der Waals surface area contributed by atoms with Crippen molar-refractivity contribution in [3.63, 3.8) is 0 Å². The van der Waals surface area contributed by atoms with Crippen LogP contribution in [0.1, 0.15) is 13.3 Å². The molecule has 0 spiro atoms. The fourth-order valence-corrected chi connectivity index (χ4v) is 2.15. The molecule has 0 radical (unpaired) electrons. The van der Waals surface area contributed by atoms with Gasteiger partial charge in [0.15, 0.2) is 0 Å². The maximum atomic E-state index is 9.12. The molecule has 1 unspecified atom stereocenters. The molecule has 3 nitrogen and oxygen atoms in total. The fourth-order valence-electron chi connectivity index (χ4n) is 2.15. The molecule has 1 heterocycles. The first-order valence-electron chi connectivity index (χ1n) is 5.92. The zero-order valence-corrected chi connectivity index (χ0v) is 9.72. The molecule has 0 amide bonds. The van der Waals surface area contributed by atoms with E-state index in [-0.39, 0.29) is 0 Å². The molecule has 1 saturated heterocycles. The van der Waals surface area contributed by atoms with Crippen LogP contribution in [0.25, 0.3) is 0 Å². The largest absolute Gasteiger partial charge is 0.494 e. The third-order valence-electron chi connectivity index (χ3n) is 3.04. The van der Waals surface area contributed by atoms with Crippen molar-refractivity contribution < 1.29 is 9.84 Å². The number of aliphatic hydroxyl groups is 1. The van der Waals surface area contributed by atoms with Crippen LogP contribution in [0.2, 0.25) is 0 Å². The van der Waals surface area contributed by atoms with Crippen LogP contribution in [0.3, 0.4) is 0 Å². The standard InChI is InChI=1S/C13H19NO2/c1-2-16-13-5-3-4-12(8-13)14-7-6-11(9-14)10-15/h3-5,8,11,15H,2,6-7,9-10H2,1H3. The Hall–Kier alpha value is -1.22. The van der Waals surface area contributed by atoms with E-state index in [0.29, 0.717) is 19.1 Å². The minimum Gasteiger partial charge on any atom is -0.494 e. The topological polar surface area (TPSA) is 32.7 Å². The molecule has 16 heavy (non-hydrogen) atoms. The summed E-state index contributed by atoms with van der Waals surface area (Å²) >= 11 is 0. The van der Waals surface area contributed by atoms with Crippen molar-refractivity contribution in [3.8, 4) is 5.75 Å². The van der Waals surface area contributed by atoms with Gasteiger partial charge in [0.05, 0.1) is 6.61 Å². The maximum absolute atomic E-state index is 9.12. The number of anilines is 1. The Morgan fingerprint density at radius 1 is 1.50 bits per heavy atom. The monoisotopic (exact) mass is 221 g/mol. The van der Waals surface area contributed by atoms with Crippen LogP contribution in [0.15, 0.2) is 24.3 Å². The number of hydrogen-bond acceptors (Lipinski definition) is 3. The van der Waals surface area contributed by atoms with Gasteiger partial charge < -0.3 is 14.7 Å². The van der Waals surface area contributed by atoms with Gasteiger partial charge in [0, 0.05) is 37.4 Å². The van der Waals surface area contributed by atoms with Crippen LogP contribution in [-0.2, 0) is 0 Å². The van der Waals surface area contributed by atoms with Gasteiger partial charge in [-0.1, -0.05) is 6.07 Å². The zero-order valence-electron chi connectivity index (χ0n) is 9.72. The molecule has 3 heteroatoms. The van der Waals surface area contributed by atoms with Gasteiger partial charge in [-0.3, -0.25) is 0 Å². The minimum atomic E-state index is 0.293. The van der Waals surface area contributed by atoms with E-state index >= 15 is 0 Å². The summed E-state index contributed by atoms with van der Waals surface area (Å²) in [5, 5.41) is 9.12. The Bertz CT molecular complexity index is 340. The summed E-state index contributed by atoms with van der Waals surface area (Å²) in [4.78, 5) is 2.31. The summed E-state index contributed by atoms with van der Waals surface area (Å²) in [5.41, 5.74) is 1.20. The van der Waals surface area contributed by atoms with Gasteiger partial charge in [-0.2, -0.15) is 0 Å². The van der Waals surface area contributed by atoms with Gasteiger partial charge in [0.2, 0.25) is 0 Å². The molecule has 1 aromatic rings. The Morgan fingerprint density at radius 2 is 2.38 bits per heavy atom. The predicted molar refractivity (Wildman–Crippen MR) is 65.0 cm³/mol. The number of benzene rings is 1. The molecule has 1 fully saturated rings. The number of hydrogen-bond donors (Lipinski definition) is 1. The van der Waals surface area contributed by atoms with Crippen molar-refractivity contribution in [2.75, 3.05) is 31.2 Å². The van der Waals surface area contributed by atoms with Crippen LogP contribution in [-0.4, -0.2) is 31.4 Å². The highest BCUT2D eigenvalue weighted by molar-refractivity contribution is 5.51. The van der Waals surface area contributed by atoms with Gasteiger partial charge in [0.25, 0.3) is 0 Å². The smallest absolute Gasteiger partial charge is 0.121 e. The molecule has 88 valence electrons. The predicted octanol–water partition coefficient (Wildman–Crippen LogP) is 1.90. The Morgan fingerprint density at radius 3 is 3.06 bits per heavy atom. The summed E-state index contributed by atoms with van der Waals surface area (Å²) in [7, 11) is 0. The summed E-state index contributed by atoms with van der Waals surface area (Å²) < 4.78 is 5.48. The Kier molecular flexibility index (Phi) is 3.67. The Labute approximate surface area is 96.6 Å². The third-order valence-corrected chi connectivity index (χ3v) is 3.04. The SMILES string of the molecule is CCOc1cccc(N2CCC(CO)C2)c1. The molecule has 1 aliphatic rings. The molecule has 1 aliphatic heterocycles. The summed E-state index contributed by atoms with van der Waals surface area (Å²) in [5.74, 6) is 1.35. The average Bonchev–Trinajstić information content (AvgIpc) is 2.78. The van der Waals surface area contributed by atoms with Gasteiger partial charge in [-0.05, 0) is 25.5 Å². The van der Waals surface area contributed by atoms with Gasteiger partial charge in [0.1, 0.15) is 5.75 Å². The molecule has 0 aliphatic carbocycles. The highest BCUT2D eigenvalue weighted by Gasteiger charge is 2.21. The third kappa shape index (κ3) is 2.47. The second-order valence-corrected chi connectivity index (χ2v) is 4.21. The van der Waals surface area contributed by atoms with Gasteiger partial charge in [-0.15, -0.1) is 0 Å². The average molecular weight is 221 g/mol. The normalized spacial score (nSPS) is 20.1. The second kappa shape index (κ2) is 5.21. The number of ether oxygens (including phenoxy) is 1. The molecule has 0 bridgehead atoms. The van der Waals surface area contributed by atoms with E-state index in [1.165, 1.54) is 5.69 Å². The lowest BCUT2D eigenvalue weighted by Crippen LogP contribution is -2.20. The van der Waals surface area contributed by atoms with Gasteiger partial charge in [-0.25, -0.2) is 0 Å². The summed E-state index contributed by atoms with van der Waals surface area (Å²) in [6.07, 6.45) is 1.08. The van der Waals surface area contributed by atoms with E-state index in [1.807, 2.05) is 19.1 Å². The maximum Gasteiger partial charge on any atom is 0.121 e. The van der Waals surface area contributed by atoms with Crippen molar-refractivity contribution in [1.82, 2.24) is 0 Å². The zero-order chi connectivity index (χ0) is 11.4. The van der Waals surface area contributed by atoms with E-state index in [0.717, 1.165) is 25.3 Å². The van der Waals surface area contributed by atoms with Crippen molar-refractivity contribution in [2.45, 2.75) is 13.3 Å². The quantitative estimate of drug-likeness (QED) is 0.843. The van der Waals surface area contributed by atoms with E-state index < -0.39 is 0 Å². The highest BCUT2D eigenvalue weighted by atomic mass is 16.5. The molecule has 0 aromatic heterocycles. The molecular formula is C13H19NO2.